The molecular formula is C11H17N3O3. The molecule has 0 amide bonds. The molecule has 1 aromatic rings. The summed E-state index contributed by atoms with van der Waals surface area (Å²) >= 11 is 0. The molecule has 0 aliphatic rings. The minimum atomic E-state index is -1.05. The number of ether oxygens (including phenoxy) is 1. The number of aliphatic carboxylic acids is 1. The highest BCUT2D eigenvalue weighted by molar-refractivity contribution is 5.82. The number of rotatable bonds is 5. The van der Waals surface area contributed by atoms with Crippen LogP contribution in [0.15, 0.2) is 6.33 Å². The molecule has 1 atom stereocenters. The van der Waals surface area contributed by atoms with Crippen molar-refractivity contribution in [3.63, 3.8) is 0 Å². The van der Waals surface area contributed by atoms with E-state index < -0.39 is 11.5 Å². The maximum Gasteiger partial charge on any atom is 0.329 e. The van der Waals surface area contributed by atoms with Gasteiger partial charge in [-0.2, -0.15) is 0 Å². The van der Waals surface area contributed by atoms with Crippen LogP contribution in [0.3, 0.4) is 0 Å². The van der Waals surface area contributed by atoms with Gasteiger partial charge < -0.3 is 15.2 Å². The van der Waals surface area contributed by atoms with Crippen LogP contribution in [0.25, 0.3) is 0 Å². The summed E-state index contributed by atoms with van der Waals surface area (Å²) in [5.41, 5.74) is -0.361. The van der Waals surface area contributed by atoms with E-state index in [1.807, 2.05) is 0 Å². The standard InChI is InChI=1S/C11H17N3O3/c1-5-11(3,10(15)16)14-8-7(2)9(17-4)13-6-12-8/h6H,5H2,1-4H3,(H,15,16)(H,12,13,14). The Morgan fingerprint density at radius 3 is 2.71 bits per heavy atom. The van der Waals surface area contributed by atoms with E-state index in [1.54, 1.807) is 20.8 Å². The molecule has 0 saturated heterocycles. The molecule has 1 unspecified atom stereocenters. The third-order valence-electron chi connectivity index (χ3n) is 2.80. The fraction of sp³-hybridized carbons (Fsp3) is 0.545. The van der Waals surface area contributed by atoms with E-state index in [2.05, 4.69) is 15.3 Å². The van der Waals surface area contributed by atoms with E-state index in [0.29, 0.717) is 23.7 Å². The number of nitrogens with one attached hydrogen (secondary N) is 1. The lowest BCUT2D eigenvalue weighted by molar-refractivity contribution is -0.141. The lowest BCUT2D eigenvalue weighted by Gasteiger charge is -2.26. The molecule has 17 heavy (non-hydrogen) atoms. The first kappa shape index (κ1) is 13.2. The van der Waals surface area contributed by atoms with Gasteiger partial charge in [0.25, 0.3) is 0 Å². The van der Waals surface area contributed by atoms with Crippen LogP contribution in [-0.4, -0.2) is 33.7 Å². The highest BCUT2D eigenvalue weighted by atomic mass is 16.5. The molecule has 0 spiro atoms. The van der Waals surface area contributed by atoms with Gasteiger partial charge in [0.05, 0.1) is 12.7 Å². The molecule has 1 aromatic heterocycles. The van der Waals surface area contributed by atoms with Gasteiger partial charge >= 0.3 is 5.97 Å². The van der Waals surface area contributed by atoms with E-state index in [-0.39, 0.29) is 0 Å². The number of aromatic nitrogens is 2. The number of methoxy groups -OCH3 is 1. The normalized spacial score (nSPS) is 13.9. The molecule has 6 heteroatoms. The van der Waals surface area contributed by atoms with Crippen LogP contribution < -0.4 is 10.1 Å². The van der Waals surface area contributed by atoms with Crippen molar-refractivity contribution in [3.05, 3.63) is 11.9 Å². The lowest BCUT2D eigenvalue weighted by Crippen LogP contribution is -2.43. The van der Waals surface area contributed by atoms with Crippen LogP contribution in [0.4, 0.5) is 5.82 Å². The van der Waals surface area contributed by atoms with E-state index in [1.165, 1.54) is 13.4 Å². The highest BCUT2D eigenvalue weighted by Crippen LogP contribution is 2.24. The van der Waals surface area contributed by atoms with Crippen molar-refractivity contribution in [3.8, 4) is 5.88 Å². The van der Waals surface area contributed by atoms with Crippen LogP contribution in [0.2, 0.25) is 0 Å². The second kappa shape index (κ2) is 4.99. The van der Waals surface area contributed by atoms with Crippen LogP contribution in [0.1, 0.15) is 25.8 Å². The molecule has 0 fully saturated rings. The minimum absolute atomic E-state index is 0.436. The largest absolute Gasteiger partial charge is 0.481 e. The number of carboxylic acid groups (broad SMARTS) is 1. The molecule has 0 aliphatic heterocycles. The van der Waals surface area contributed by atoms with Crippen LogP contribution in [-0.2, 0) is 4.79 Å². The van der Waals surface area contributed by atoms with Crippen molar-refractivity contribution in [2.24, 2.45) is 0 Å². The molecule has 2 N–H and O–H groups in total. The third-order valence-corrected chi connectivity index (χ3v) is 2.80. The van der Waals surface area contributed by atoms with Gasteiger partial charge in [-0.1, -0.05) is 6.92 Å². The first-order valence-corrected chi connectivity index (χ1v) is 5.31. The van der Waals surface area contributed by atoms with Crippen molar-refractivity contribution in [1.82, 2.24) is 9.97 Å². The Kier molecular flexibility index (Phi) is 3.88. The van der Waals surface area contributed by atoms with Gasteiger partial charge in [-0.05, 0) is 20.3 Å². The molecule has 1 heterocycles. The number of hydrogen-bond donors (Lipinski definition) is 2. The molecule has 0 aromatic carbocycles. The van der Waals surface area contributed by atoms with Gasteiger partial charge in [-0.15, -0.1) is 0 Å². The minimum Gasteiger partial charge on any atom is -0.481 e. The summed E-state index contributed by atoms with van der Waals surface area (Å²) in [6.07, 6.45) is 1.78. The van der Waals surface area contributed by atoms with E-state index >= 15 is 0 Å². The highest BCUT2D eigenvalue weighted by Gasteiger charge is 2.32. The first-order valence-electron chi connectivity index (χ1n) is 5.31. The van der Waals surface area contributed by atoms with Crippen molar-refractivity contribution >= 4 is 11.8 Å². The van der Waals surface area contributed by atoms with Crippen LogP contribution in [0, 0.1) is 6.92 Å². The van der Waals surface area contributed by atoms with E-state index in [0.717, 1.165) is 0 Å². The zero-order valence-electron chi connectivity index (χ0n) is 10.4. The number of hydrogen-bond acceptors (Lipinski definition) is 5. The number of carboxylic acids is 1. The lowest BCUT2D eigenvalue weighted by atomic mass is 9.99. The van der Waals surface area contributed by atoms with Gasteiger partial charge in [0, 0.05) is 0 Å². The molecule has 94 valence electrons. The second-order valence-electron chi connectivity index (χ2n) is 3.97. The predicted molar refractivity (Wildman–Crippen MR) is 63.3 cm³/mol. The van der Waals surface area contributed by atoms with Gasteiger partial charge in [0.15, 0.2) is 0 Å². The van der Waals surface area contributed by atoms with Crippen molar-refractivity contribution in [1.29, 1.82) is 0 Å². The summed E-state index contributed by atoms with van der Waals surface area (Å²) < 4.78 is 5.06. The summed E-state index contributed by atoms with van der Waals surface area (Å²) in [6.45, 7) is 5.19. The second-order valence-corrected chi connectivity index (χ2v) is 3.97. The maximum absolute atomic E-state index is 11.2. The Balaban J connectivity index is 3.06. The smallest absolute Gasteiger partial charge is 0.329 e. The van der Waals surface area contributed by atoms with E-state index in [4.69, 9.17) is 4.74 Å². The van der Waals surface area contributed by atoms with Crippen molar-refractivity contribution in [2.75, 3.05) is 12.4 Å². The topological polar surface area (TPSA) is 84.3 Å². The van der Waals surface area contributed by atoms with Gasteiger partial charge in [0.1, 0.15) is 17.7 Å². The Morgan fingerprint density at radius 1 is 1.59 bits per heavy atom. The number of anilines is 1. The van der Waals surface area contributed by atoms with E-state index in [9.17, 15) is 9.90 Å². The molecule has 1 rings (SSSR count). The zero-order chi connectivity index (χ0) is 13.1. The average Bonchev–Trinajstić information content (AvgIpc) is 2.31. The van der Waals surface area contributed by atoms with Gasteiger partial charge in [-0.3, -0.25) is 0 Å². The van der Waals surface area contributed by atoms with Gasteiger partial charge in [-0.25, -0.2) is 14.8 Å². The first-order chi connectivity index (χ1) is 7.94. The SMILES string of the molecule is CCC(C)(Nc1ncnc(OC)c1C)C(=O)O. The Bertz CT molecular complexity index is 422. The number of nitrogens with zero attached hydrogens (tertiary/aromatic N) is 2. The molecule has 0 bridgehead atoms. The summed E-state index contributed by atoms with van der Waals surface area (Å²) in [5.74, 6) is -0.00748. The Morgan fingerprint density at radius 2 is 2.24 bits per heavy atom. The maximum atomic E-state index is 11.2. The summed E-state index contributed by atoms with van der Waals surface area (Å²) in [4.78, 5) is 19.2. The Hall–Kier alpha value is -1.85. The quantitative estimate of drug-likeness (QED) is 0.809. The van der Waals surface area contributed by atoms with Gasteiger partial charge in [0.2, 0.25) is 5.88 Å². The van der Waals surface area contributed by atoms with Crippen LogP contribution in [0.5, 0.6) is 5.88 Å². The molecular weight excluding hydrogens is 222 g/mol. The van der Waals surface area contributed by atoms with Crippen LogP contribution >= 0.6 is 0 Å². The summed E-state index contributed by atoms with van der Waals surface area (Å²) in [5, 5.41) is 12.1. The summed E-state index contributed by atoms with van der Waals surface area (Å²) in [7, 11) is 1.51. The summed E-state index contributed by atoms with van der Waals surface area (Å²) in [6, 6.07) is 0. The van der Waals surface area contributed by atoms with Crippen molar-refractivity contribution < 1.29 is 14.6 Å². The number of carbonyl (C=O) groups is 1. The molecule has 0 radical (unpaired) electrons. The third kappa shape index (κ3) is 2.64. The molecule has 0 aliphatic carbocycles. The average molecular weight is 239 g/mol. The fourth-order valence-corrected chi connectivity index (χ4v) is 1.32. The molecule has 0 saturated carbocycles. The zero-order valence-corrected chi connectivity index (χ0v) is 10.4. The predicted octanol–water partition coefficient (Wildman–Crippen LogP) is 1.46. The molecule has 6 nitrogen and oxygen atoms in total. The Labute approximate surface area is 100 Å². The monoisotopic (exact) mass is 239 g/mol. The fourth-order valence-electron chi connectivity index (χ4n) is 1.32. The van der Waals surface area contributed by atoms with Crippen molar-refractivity contribution in [2.45, 2.75) is 32.7 Å².